The molecule has 3 saturated carbocycles. The quantitative estimate of drug-likeness (QED) is 0.362. The minimum absolute atomic E-state index is 0.0235. The van der Waals surface area contributed by atoms with Crippen LogP contribution in [0, 0.1) is 28.6 Å². The van der Waals surface area contributed by atoms with Gasteiger partial charge >= 0.3 is 17.9 Å². The SMILES string of the molecule is CC(=O)OC[C@H](OC(C)=O)[C@@]1(O)CC[C@H]2[C@@H]3CC=C4C[C@H](OC(C)=O)CC[C@]4(C)[C@H]3CC[C@@]21C. The number of rotatable bonds is 5. The van der Waals surface area contributed by atoms with E-state index < -0.39 is 29.1 Å². The number of carbonyl (C=O) groups excluding carboxylic acids is 3. The molecule has 0 unspecified atom stereocenters. The van der Waals surface area contributed by atoms with Gasteiger partial charge in [0.05, 0.1) is 0 Å². The van der Waals surface area contributed by atoms with Crippen LogP contribution >= 0.6 is 0 Å². The predicted molar refractivity (Wildman–Crippen MR) is 124 cm³/mol. The summed E-state index contributed by atoms with van der Waals surface area (Å²) in [7, 11) is 0. The van der Waals surface area contributed by atoms with Crippen molar-refractivity contribution in [1.82, 2.24) is 0 Å². The molecule has 190 valence electrons. The van der Waals surface area contributed by atoms with E-state index in [1.54, 1.807) is 0 Å². The normalized spacial score (nSPS) is 41.8. The summed E-state index contributed by atoms with van der Waals surface area (Å²) in [6.07, 6.45) is 8.38. The lowest BCUT2D eigenvalue weighted by Gasteiger charge is -2.59. The molecule has 0 saturated heterocycles. The molecule has 4 aliphatic rings. The second-order valence-electron chi connectivity index (χ2n) is 11.6. The lowest BCUT2D eigenvalue weighted by atomic mass is 9.46. The van der Waals surface area contributed by atoms with Gasteiger partial charge in [-0.05, 0) is 68.1 Å². The number of aliphatic hydroxyl groups is 1. The van der Waals surface area contributed by atoms with E-state index in [2.05, 4.69) is 19.9 Å². The fraction of sp³-hybridized carbons (Fsp3) is 0.815. The second-order valence-corrected chi connectivity index (χ2v) is 11.6. The third-order valence-corrected chi connectivity index (χ3v) is 9.89. The van der Waals surface area contributed by atoms with Crippen LogP contribution in [0.4, 0.5) is 0 Å². The zero-order chi connectivity index (χ0) is 24.9. The molecule has 7 nitrogen and oxygen atoms in total. The highest BCUT2D eigenvalue weighted by Gasteiger charge is 2.66. The number of carbonyl (C=O) groups is 3. The van der Waals surface area contributed by atoms with Crippen LogP contribution in [-0.2, 0) is 28.6 Å². The Kier molecular flexibility index (Phi) is 6.64. The van der Waals surface area contributed by atoms with E-state index in [9.17, 15) is 19.5 Å². The van der Waals surface area contributed by atoms with Crippen LogP contribution in [0.1, 0.15) is 86.0 Å². The number of esters is 3. The maximum Gasteiger partial charge on any atom is 0.303 e. The lowest BCUT2D eigenvalue weighted by Crippen LogP contribution is -2.60. The Labute approximate surface area is 202 Å². The van der Waals surface area contributed by atoms with Crippen molar-refractivity contribution in [2.24, 2.45) is 28.6 Å². The van der Waals surface area contributed by atoms with Gasteiger partial charge in [-0.25, -0.2) is 0 Å². The van der Waals surface area contributed by atoms with Crippen molar-refractivity contribution in [3.63, 3.8) is 0 Å². The molecule has 0 radical (unpaired) electrons. The molecular formula is C27H40O7. The smallest absolute Gasteiger partial charge is 0.303 e. The predicted octanol–water partition coefficient (Wildman–Crippen LogP) is 4.11. The number of fused-ring (bicyclic) bond motifs is 5. The minimum Gasteiger partial charge on any atom is -0.462 e. The summed E-state index contributed by atoms with van der Waals surface area (Å²) in [6.45, 7) is 8.53. The van der Waals surface area contributed by atoms with Gasteiger partial charge < -0.3 is 19.3 Å². The van der Waals surface area contributed by atoms with Crippen molar-refractivity contribution in [2.45, 2.75) is 104 Å². The van der Waals surface area contributed by atoms with Crippen LogP contribution in [0.3, 0.4) is 0 Å². The largest absolute Gasteiger partial charge is 0.462 e. The van der Waals surface area contributed by atoms with Gasteiger partial charge in [-0.2, -0.15) is 0 Å². The first-order chi connectivity index (χ1) is 15.9. The fourth-order valence-corrected chi connectivity index (χ4v) is 8.21. The minimum atomic E-state index is -1.23. The molecule has 0 bridgehead atoms. The molecular weight excluding hydrogens is 436 g/mol. The van der Waals surface area contributed by atoms with Crippen LogP contribution in [0.25, 0.3) is 0 Å². The van der Waals surface area contributed by atoms with E-state index >= 15 is 0 Å². The van der Waals surface area contributed by atoms with Crippen LogP contribution in [0.5, 0.6) is 0 Å². The van der Waals surface area contributed by atoms with E-state index in [4.69, 9.17) is 14.2 Å². The van der Waals surface area contributed by atoms with Gasteiger partial charge in [0.25, 0.3) is 0 Å². The maximum absolute atomic E-state index is 12.0. The van der Waals surface area contributed by atoms with Gasteiger partial charge in [0, 0.05) is 32.6 Å². The molecule has 4 aliphatic carbocycles. The Bertz CT molecular complexity index is 880. The first-order valence-corrected chi connectivity index (χ1v) is 12.8. The number of hydrogen-bond donors (Lipinski definition) is 1. The van der Waals surface area contributed by atoms with Gasteiger partial charge in [0.15, 0.2) is 6.10 Å². The van der Waals surface area contributed by atoms with Gasteiger partial charge in [0.1, 0.15) is 18.3 Å². The van der Waals surface area contributed by atoms with E-state index in [0.717, 1.165) is 44.9 Å². The zero-order valence-electron chi connectivity index (χ0n) is 21.2. The van der Waals surface area contributed by atoms with Gasteiger partial charge in [-0.3, -0.25) is 14.4 Å². The molecule has 0 aromatic rings. The highest BCUT2D eigenvalue weighted by Crippen LogP contribution is 2.67. The summed E-state index contributed by atoms with van der Waals surface area (Å²) >= 11 is 0. The Morgan fingerprint density at radius 3 is 2.35 bits per heavy atom. The topological polar surface area (TPSA) is 99.1 Å². The summed E-state index contributed by atoms with van der Waals surface area (Å²) < 4.78 is 16.3. The summed E-state index contributed by atoms with van der Waals surface area (Å²) in [4.78, 5) is 34.8. The average Bonchev–Trinajstić information content (AvgIpc) is 3.02. The highest BCUT2D eigenvalue weighted by molar-refractivity contribution is 5.67. The Hall–Kier alpha value is -1.89. The first-order valence-electron chi connectivity index (χ1n) is 12.8. The third-order valence-electron chi connectivity index (χ3n) is 9.89. The van der Waals surface area contributed by atoms with Gasteiger partial charge in [0.2, 0.25) is 0 Å². The van der Waals surface area contributed by atoms with Gasteiger partial charge in [-0.1, -0.05) is 25.5 Å². The molecule has 1 N–H and O–H groups in total. The van der Waals surface area contributed by atoms with Gasteiger partial charge in [-0.15, -0.1) is 0 Å². The van der Waals surface area contributed by atoms with Crippen LogP contribution in [-0.4, -0.2) is 47.4 Å². The van der Waals surface area contributed by atoms with E-state index in [1.165, 1.54) is 26.3 Å². The summed E-state index contributed by atoms with van der Waals surface area (Å²) in [5, 5.41) is 12.0. The van der Waals surface area contributed by atoms with Crippen molar-refractivity contribution < 1.29 is 33.7 Å². The molecule has 4 rings (SSSR count). The molecule has 34 heavy (non-hydrogen) atoms. The zero-order valence-corrected chi connectivity index (χ0v) is 21.2. The van der Waals surface area contributed by atoms with Crippen molar-refractivity contribution in [3.8, 4) is 0 Å². The lowest BCUT2D eigenvalue weighted by molar-refractivity contribution is -0.206. The highest BCUT2D eigenvalue weighted by atomic mass is 16.6. The summed E-state index contributed by atoms with van der Waals surface area (Å²) in [5.41, 5.74) is -0.141. The molecule has 8 atom stereocenters. The first kappa shape index (κ1) is 25.2. The number of ether oxygens (including phenoxy) is 3. The van der Waals surface area contributed by atoms with E-state index in [1.807, 2.05) is 0 Å². The van der Waals surface area contributed by atoms with Crippen LogP contribution < -0.4 is 0 Å². The van der Waals surface area contributed by atoms with E-state index in [0.29, 0.717) is 24.2 Å². The molecule has 7 heteroatoms. The monoisotopic (exact) mass is 476 g/mol. The Morgan fingerprint density at radius 2 is 1.71 bits per heavy atom. The molecule has 0 aliphatic heterocycles. The molecule has 0 aromatic heterocycles. The molecule has 0 spiro atoms. The Morgan fingerprint density at radius 1 is 1.00 bits per heavy atom. The standard InChI is InChI=1S/C27H40O7/c1-16(28)32-15-24(34-18(3)30)27(31)13-10-23-21-7-6-19-14-20(33-17(2)29)8-11-25(19,4)22(21)9-12-26(23,27)5/h6,20-24,31H,7-15H2,1-5H3/t20-,21-,22+,23+,24+,25+,26+,27+/m1/s1. The second kappa shape index (κ2) is 8.96. The van der Waals surface area contributed by atoms with Crippen LogP contribution in [0.2, 0.25) is 0 Å². The van der Waals surface area contributed by atoms with Crippen LogP contribution in [0.15, 0.2) is 11.6 Å². The van der Waals surface area contributed by atoms with E-state index in [-0.39, 0.29) is 24.1 Å². The molecule has 0 amide bonds. The molecule has 0 aromatic carbocycles. The number of allylic oxidation sites excluding steroid dienone is 1. The Balaban J connectivity index is 1.58. The summed E-state index contributed by atoms with van der Waals surface area (Å²) in [6, 6.07) is 0. The third kappa shape index (κ3) is 4.08. The molecule has 0 heterocycles. The molecule has 3 fully saturated rings. The van der Waals surface area contributed by atoms with Crippen molar-refractivity contribution in [1.29, 1.82) is 0 Å². The average molecular weight is 477 g/mol. The van der Waals surface area contributed by atoms with Crippen molar-refractivity contribution >= 4 is 17.9 Å². The maximum atomic E-state index is 12.0. The van der Waals surface area contributed by atoms with Crippen molar-refractivity contribution in [3.05, 3.63) is 11.6 Å². The summed E-state index contributed by atoms with van der Waals surface area (Å²) in [5.74, 6) is 0.121. The van der Waals surface area contributed by atoms with Crippen molar-refractivity contribution in [2.75, 3.05) is 6.61 Å². The fourth-order valence-electron chi connectivity index (χ4n) is 8.21. The number of hydrogen-bond acceptors (Lipinski definition) is 7.